The molecule has 9 heteroatoms. The quantitative estimate of drug-likeness (QED) is 0.713. The Kier molecular flexibility index (Phi) is 4.90. The first-order valence-corrected chi connectivity index (χ1v) is 9.07. The lowest BCUT2D eigenvalue weighted by Crippen LogP contribution is -2.16. The van der Waals surface area contributed by atoms with E-state index in [9.17, 15) is 13.2 Å². The molecule has 0 spiro atoms. The Balaban J connectivity index is 1.73. The lowest BCUT2D eigenvalue weighted by molar-refractivity contribution is 0.102. The number of sulfonamides is 1. The van der Waals surface area contributed by atoms with Gasteiger partial charge in [0.15, 0.2) is 0 Å². The number of carbonyl (C=O) groups excluding carboxylic acids is 1. The molecule has 0 atom stereocenters. The van der Waals surface area contributed by atoms with Crippen LogP contribution in [0.15, 0.2) is 65.8 Å². The van der Waals surface area contributed by atoms with Crippen LogP contribution in [0, 0.1) is 6.92 Å². The van der Waals surface area contributed by atoms with Gasteiger partial charge in [-0.2, -0.15) is 5.10 Å². The molecule has 0 radical (unpaired) electrons. The molecule has 0 saturated carbocycles. The number of anilines is 2. The Labute approximate surface area is 150 Å². The second-order valence-corrected chi connectivity index (χ2v) is 7.10. The molecule has 0 aliphatic rings. The molecule has 2 aromatic carbocycles. The summed E-state index contributed by atoms with van der Waals surface area (Å²) in [5.74, 6) is -0.399. The zero-order valence-electron chi connectivity index (χ0n) is 13.7. The third kappa shape index (κ3) is 4.19. The van der Waals surface area contributed by atoms with Crippen molar-refractivity contribution in [2.45, 2.75) is 11.8 Å². The average molecular weight is 369 g/mol. The minimum Gasteiger partial charge on any atom is -0.289 e. The summed E-state index contributed by atoms with van der Waals surface area (Å²) in [6.07, 6.45) is 2.78. The maximum absolute atomic E-state index is 12.4. The molecule has 0 aliphatic heterocycles. The molecule has 132 valence electrons. The minimum atomic E-state index is -3.74. The van der Waals surface area contributed by atoms with E-state index in [4.69, 9.17) is 0 Å². The number of benzene rings is 2. The van der Waals surface area contributed by atoms with Crippen LogP contribution in [0.25, 0.3) is 0 Å². The molecule has 0 aliphatic carbocycles. The molecule has 0 bridgehead atoms. The van der Waals surface area contributed by atoms with Crippen LogP contribution in [-0.4, -0.2) is 29.5 Å². The van der Waals surface area contributed by atoms with Crippen LogP contribution >= 0.6 is 0 Å². The van der Waals surface area contributed by atoms with Gasteiger partial charge in [0.25, 0.3) is 15.9 Å². The summed E-state index contributed by atoms with van der Waals surface area (Å²) in [4.78, 5) is 16.0. The van der Waals surface area contributed by atoms with Gasteiger partial charge in [-0.3, -0.25) is 14.8 Å². The number of carbonyl (C=O) groups is 1. The van der Waals surface area contributed by atoms with Crippen LogP contribution in [-0.2, 0) is 10.0 Å². The largest absolute Gasteiger partial charge is 0.289 e. The fourth-order valence-electron chi connectivity index (χ4n) is 2.10. The number of aromatic nitrogens is 3. The molecule has 0 fully saturated rings. The summed E-state index contributed by atoms with van der Waals surface area (Å²) < 4.78 is 27.3. The van der Waals surface area contributed by atoms with Crippen molar-refractivity contribution in [1.82, 2.24) is 15.2 Å². The third-order valence-electron chi connectivity index (χ3n) is 3.44. The second-order valence-electron chi connectivity index (χ2n) is 5.42. The maximum atomic E-state index is 12.4. The van der Waals surface area contributed by atoms with Gasteiger partial charge in [-0.25, -0.2) is 13.4 Å². The monoisotopic (exact) mass is 369 g/mol. The highest BCUT2D eigenvalue weighted by molar-refractivity contribution is 7.92. The van der Waals surface area contributed by atoms with E-state index in [-0.39, 0.29) is 16.4 Å². The Bertz CT molecular complexity index is 1000. The van der Waals surface area contributed by atoms with E-state index < -0.39 is 15.9 Å². The molecular weight excluding hydrogens is 354 g/mol. The first-order chi connectivity index (χ1) is 12.4. The Morgan fingerprint density at radius 1 is 0.962 bits per heavy atom. The summed E-state index contributed by atoms with van der Waals surface area (Å²) in [6, 6.07) is 12.5. The Morgan fingerprint density at radius 3 is 2.27 bits per heavy atom. The molecule has 2 N–H and O–H groups in total. The lowest BCUT2D eigenvalue weighted by Gasteiger charge is -2.09. The van der Waals surface area contributed by atoms with E-state index in [1.54, 1.807) is 12.1 Å². The molecule has 26 heavy (non-hydrogen) atoms. The van der Waals surface area contributed by atoms with Crippen molar-refractivity contribution >= 4 is 27.6 Å². The van der Waals surface area contributed by atoms with E-state index >= 15 is 0 Å². The van der Waals surface area contributed by atoms with Gasteiger partial charge in [0.2, 0.25) is 5.95 Å². The fourth-order valence-corrected chi connectivity index (χ4v) is 3.16. The Hall–Kier alpha value is -3.33. The van der Waals surface area contributed by atoms with Gasteiger partial charge in [0, 0.05) is 11.3 Å². The number of aryl methyl sites for hydroxylation is 1. The standard InChI is InChI=1S/C17H15N5O3S/c1-12-2-6-14(7-3-12)22-26(24,25)15-8-4-13(5-9-15)16(23)20-17-18-10-11-19-21-17/h2-11,22H,1H3,(H,18,20,21,23). The van der Waals surface area contributed by atoms with Crippen LogP contribution in [0.3, 0.4) is 0 Å². The van der Waals surface area contributed by atoms with Crippen molar-refractivity contribution in [3.8, 4) is 0 Å². The van der Waals surface area contributed by atoms with E-state index in [1.807, 2.05) is 19.1 Å². The third-order valence-corrected chi connectivity index (χ3v) is 4.84. The SMILES string of the molecule is Cc1ccc(NS(=O)(=O)c2ccc(C(=O)Nc3nccnn3)cc2)cc1. The topological polar surface area (TPSA) is 114 Å². The zero-order valence-corrected chi connectivity index (χ0v) is 14.6. The van der Waals surface area contributed by atoms with Gasteiger partial charge in [0.1, 0.15) is 0 Å². The van der Waals surface area contributed by atoms with Crippen molar-refractivity contribution < 1.29 is 13.2 Å². The highest BCUT2D eigenvalue weighted by Gasteiger charge is 2.15. The summed E-state index contributed by atoms with van der Waals surface area (Å²) in [5, 5.41) is 9.74. The van der Waals surface area contributed by atoms with Gasteiger partial charge in [0.05, 0.1) is 17.3 Å². The highest BCUT2D eigenvalue weighted by atomic mass is 32.2. The molecule has 0 unspecified atom stereocenters. The first-order valence-electron chi connectivity index (χ1n) is 7.59. The van der Waals surface area contributed by atoms with Gasteiger partial charge < -0.3 is 0 Å². The van der Waals surface area contributed by atoms with Gasteiger partial charge in [-0.1, -0.05) is 17.7 Å². The summed E-state index contributed by atoms with van der Waals surface area (Å²) >= 11 is 0. The molecule has 3 rings (SSSR count). The van der Waals surface area contributed by atoms with Gasteiger partial charge >= 0.3 is 0 Å². The molecule has 0 saturated heterocycles. The molecule has 1 amide bonds. The van der Waals surface area contributed by atoms with Gasteiger partial charge in [-0.15, -0.1) is 5.10 Å². The summed E-state index contributed by atoms with van der Waals surface area (Å²) in [5.41, 5.74) is 1.76. The van der Waals surface area contributed by atoms with Crippen molar-refractivity contribution in [3.05, 3.63) is 72.1 Å². The van der Waals surface area contributed by atoms with Crippen molar-refractivity contribution in [2.24, 2.45) is 0 Å². The summed E-state index contributed by atoms with van der Waals surface area (Å²) in [7, 11) is -3.74. The van der Waals surface area contributed by atoms with Crippen LogP contribution < -0.4 is 10.0 Å². The van der Waals surface area contributed by atoms with E-state index in [2.05, 4.69) is 25.2 Å². The zero-order chi connectivity index (χ0) is 18.6. The molecule has 1 aromatic heterocycles. The summed E-state index contributed by atoms with van der Waals surface area (Å²) in [6.45, 7) is 1.92. The van der Waals surface area contributed by atoms with Crippen molar-refractivity contribution in [1.29, 1.82) is 0 Å². The highest BCUT2D eigenvalue weighted by Crippen LogP contribution is 2.17. The van der Waals surface area contributed by atoms with Crippen molar-refractivity contribution in [3.63, 3.8) is 0 Å². The van der Waals surface area contributed by atoms with E-state index in [0.717, 1.165) is 5.56 Å². The lowest BCUT2D eigenvalue weighted by atomic mass is 10.2. The number of nitrogens with one attached hydrogen (secondary N) is 2. The smallest absolute Gasteiger partial charge is 0.261 e. The van der Waals surface area contributed by atoms with E-state index in [1.165, 1.54) is 36.7 Å². The van der Waals surface area contributed by atoms with E-state index in [0.29, 0.717) is 5.69 Å². The normalized spacial score (nSPS) is 11.0. The molecule has 1 heterocycles. The number of amides is 1. The molecule has 8 nitrogen and oxygen atoms in total. The minimum absolute atomic E-state index is 0.0484. The van der Waals surface area contributed by atoms with Crippen LogP contribution in [0.2, 0.25) is 0 Å². The molecule has 3 aromatic rings. The molecular formula is C17H15N5O3S. The number of hydrogen-bond acceptors (Lipinski definition) is 6. The Morgan fingerprint density at radius 2 is 1.65 bits per heavy atom. The van der Waals surface area contributed by atoms with Crippen molar-refractivity contribution in [2.75, 3.05) is 10.0 Å². The van der Waals surface area contributed by atoms with Crippen LogP contribution in [0.1, 0.15) is 15.9 Å². The van der Waals surface area contributed by atoms with Crippen LogP contribution in [0.5, 0.6) is 0 Å². The first kappa shape index (κ1) is 17.5. The fraction of sp³-hybridized carbons (Fsp3) is 0.0588. The predicted octanol–water partition coefficient (Wildman–Crippen LogP) is 2.23. The predicted molar refractivity (Wildman–Crippen MR) is 96.2 cm³/mol. The maximum Gasteiger partial charge on any atom is 0.261 e. The van der Waals surface area contributed by atoms with Crippen LogP contribution in [0.4, 0.5) is 11.6 Å². The second kappa shape index (κ2) is 7.28. The number of nitrogens with zero attached hydrogens (tertiary/aromatic N) is 3. The van der Waals surface area contributed by atoms with Gasteiger partial charge in [-0.05, 0) is 43.3 Å². The number of rotatable bonds is 5. The average Bonchev–Trinajstić information content (AvgIpc) is 2.64. The number of hydrogen-bond donors (Lipinski definition) is 2.